The van der Waals surface area contributed by atoms with Gasteiger partial charge in [-0.3, -0.25) is 14.4 Å². The Morgan fingerprint density at radius 2 is 1.36 bits per heavy atom. The first kappa shape index (κ1) is 19.0. The van der Waals surface area contributed by atoms with Gasteiger partial charge in [0, 0.05) is 47.4 Å². The smallest absolute Gasteiger partial charge is 0.163 e. The summed E-state index contributed by atoms with van der Waals surface area (Å²) in [6, 6.07) is 10.2. The summed E-state index contributed by atoms with van der Waals surface area (Å²) < 4.78 is 0. The fourth-order valence-corrected chi connectivity index (χ4v) is 3.00. The van der Waals surface area contributed by atoms with Crippen molar-refractivity contribution in [1.29, 1.82) is 0 Å². The van der Waals surface area contributed by atoms with Crippen molar-refractivity contribution in [2.24, 2.45) is 0 Å². The van der Waals surface area contributed by atoms with Crippen molar-refractivity contribution in [2.45, 2.75) is 59.3 Å². The van der Waals surface area contributed by atoms with Crippen LogP contribution in [0.25, 0.3) is 10.8 Å². The molecule has 3 heteroatoms. The van der Waals surface area contributed by atoms with Gasteiger partial charge in [-0.15, -0.1) is 0 Å². The minimum Gasteiger partial charge on any atom is -0.294 e. The molecule has 0 N–H and O–H groups in total. The molecule has 0 aliphatic heterocycles. The highest BCUT2D eigenvalue weighted by atomic mass is 16.1. The Balaban J connectivity index is 2.72. The fraction of sp³-hybridized carbons (Fsp3) is 0.409. The van der Waals surface area contributed by atoms with E-state index in [9.17, 15) is 14.4 Å². The zero-order chi connectivity index (χ0) is 18.4. The third-order valence-electron chi connectivity index (χ3n) is 4.24. The summed E-state index contributed by atoms with van der Waals surface area (Å²) in [5.41, 5.74) is 1.49. The number of benzene rings is 2. The van der Waals surface area contributed by atoms with Crippen LogP contribution < -0.4 is 0 Å². The van der Waals surface area contributed by atoms with Gasteiger partial charge in [0.25, 0.3) is 0 Å². The van der Waals surface area contributed by atoms with E-state index in [0.29, 0.717) is 46.7 Å². The lowest BCUT2D eigenvalue weighted by molar-refractivity contribution is 0.0970. The molecule has 0 fully saturated rings. The Morgan fingerprint density at radius 3 is 1.96 bits per heavy atom. The average Bonchev–Trinajstić information content (AvgIpc) is 2.60. The quantitative estimate of drug-likeness (QED) is 0.561. The summed E-state index contributed by atoms with van der Waals surface area (Å²) in [6.45, 7) is 5.85. The third-order valence-corrected chi connectivity index (χ3v) is 4.24. The minimum absolute atomic E-state index is 0.00661. The maximum Gasteiger partial charge on any atom is 0.163 e. The molecule has 0 saturated heterocycles. The fourth-order valence-electron chi connectivity index (χ4n) is 3.00. The molecule has 0 amide bonds. The summed E-state index contributed by atoms with van der Waals surface area (Å²) in [5, 5.41) is 1.32. The molecule has 131 valence electrons. The monoisotopic (exact) mass is 337 g/mol. The van der Waals surface area contributed by atoms with Crippen LogP contribution in [0.1, 0.15) is 90.4 Å². The van der Waals surface area contributed by atoms with Gasteiger partial charge in [-0.2, -0.15) is 0 Å². The van der Waals surface area contributed by atoms with Crippen LogP contribution in [-0.4, -0.2) is 17.3 Å². The van der Waals surface area contributed by atoms with Gasteiger partial charge in [-0.05, 0) is 30.7 Å². The van der Waals surface area contributed by atoms with Crippen LogP contribution in [0.5, 0.6) is 0 Å². The highest BCUT2D eigenvalue weighted by Gasteiger charge is 2.18. The van der Waals surface area contributed by atoms with Gasteiger partial charge < -0.3 is 0 Å². The SMILES string of the molecule is CCCC(=O)c1[c]c2c(C(=O)CCC)cccc2c(C(=O)CCC)c1. The summed E-state index contributed by atoms with van der Waals surface area (Å²) in [5.74, 6) is -0.00170. The molecule has 1 radical (unpaired) electrons. The van der Waals surface area contributed by atoms with E-state index >= 15 is 0 Å². The average molecular weight is 337 g/mol. The number of carbonyl (C=O) groups excluding carboxylic acids is 3. The third kappa shape index (κ3) is 4.22. The van der Waals surface area contributed by atoms with Crippen LogP contribution in [0.3, 0.4) is 0 Å². The molecule has 2 aromatic rings. The predicted octanol–water partition coefficient (Wildman–Crippen LogP) is 5.59. The zero-order valence-corrected chi connectivity index (χ0v) is 15.3. The number of ketones is 3. The van der Waals surface area contributed by atoms with E-state index in [1.54, 1.807) is 18.2 Å². The van der Waals surface area contributed by atoms with E-state index in [1.165, 1.54) is 0 Å². The lowest BCUT2D eigenvalue weighted by Gasteiger charge is -2.12. The molecule has 25 heavy (non-hydrogen) atoms. The highest BCUT2D eigenvalue weighted by molar-refractivity contribution is 6.16. The highest BCUT2D eigenvalue weighted by Crippen LogP contribution is 2.27. The van der Waals surface area contributed by atoms with Crippen LogP contribution in [0.2, 0.25) is 0 Å². The Hall–Kier alpha value is -2.29. The standard InChI is InChI=1S/C22H25O3/c1-4-8-20(23)15-13-18-16(19(14-15)22(25)10-6-3)11-7-12-17(18)21(24)9-5-2/h7,11-12,14H,4-6,8-10H2,1-3H3. The second-order valence-electron chi connectivity index (χ2n) is 6.34. The van der Waals surface area contributed by atoms with Crippen LogP contribution in [0.15, 0.2) is 24.3 Å². The molecule has 0 aromatic heterocycles. The second kappa shape index (κ2) is 8.70. The molecule has 0 atom stereocenters. The van der Waals surface area contributed by atoms with Gasteiger partial charge in [0.1, 0.15) is 0 Å². The first-order valence-electron chi connectivity index (χ1n) is 9.12. The van der Waals surface area contributed by atoms with Crippen LogP contribution >= 0.6 is 0 Å². The lowest BCUT2D eigenvalue weighted by Crippen LogP contribution is -2.07. The van der Waals surface area contributed by atoms with Crippen molar-refractivity contribution in [2.75, 3.05) is 0 Å². The number of hydrogen-bond acceptors (Lipinski definition) is 3. The van der Waals surface area contributed by atoms with Crippen molar-refractivity contribution >= 4 is 28.1 Å². The maximum atomic E-state index is 12.6. The molecule has 0 aliphatic carbocycles. The van der Waals surface area contributed by atoms with Crippen molar-refractivity contribution in [3.05, 3.63) is 47.0 Å². The van der Waals surface area contributed by atoms with E-state index in [2.05, 4.69) is 6.07 Å². The molecule has 0 saturated carbocycles. The van der Waals surface area contributed by atoms with Crippen molar-refractivity contribution in [3.63, 3.8) is 0 Å². The molecule has 0 aliphatic rings. The van der Waals surface area contributed by atoms with Gasteiger partial charge in [0.2, 0.25) is 0 Å². The zero-order valence-electron chi connectivity index (χ0n) is 15.3. The van der Waals surface area contributed by atoms with Crippen LogP contribution in [-0.2, 0) is 0 Å². The molecule has 0 unspecified atom stereocenters. The summed E-state index contributed by atoms with van der Waals surface area (Å²) >= 11 is 0. The van der Waals surface area contributed by atoms with E-state index in [0.717, 1.165) is 19.3 Å². The van der Waals surface area contributed by atoms with Crippen LogP contribution in [0.4, 0.5) is 0 Å². The minimum atomic E-state index is -0.0345. The summed E-state index contributed by atoms with van der Waals surface area (Å²) in [4.78, 5) is 37.5. The second-order valence-corrected chi connectivity index (χ2v) is 6.34. The van der Waals surface area contributed by atoms with Crippen LogP contribution in [0, 0.1) is 6.07 Å². The Kier molecular flexibility index (Phi) is 6.63. The lowest BCUT2D eigenvalue weighted by atomic mass is 9.90. The normalized spacial score (nSPS) is 10.8. The van der Waals surface area contributed by atoms with E-state index in [4.69, 9.17) is 0 Å². The number of Topliss-reactive ketones (excluding diaryl/α,β-unsaturated/α-hetero) is 3. The molecular weight excluding hydrogens is 312 g/mol. The van der Waals surface area contributed by atoms with E-state index in [-0.39, 0.29) is 17.3 Å². The van der Waals surface area contributed by atoms with Crippen molar-refractivity contribution < 1.29 is 14.4 Å². The number of carbonyl (C=O) groups is 3. The Bertz CT molecular complexity index is 802. The Morgan fingerprint density at radius 1 is 0.800 bits per heavy atom. The molecule has 0 bridgehead atoms. The molecule has 0 heterocycles. The largest absolute Gasteiger partial charge is 0.294 e. The maximum absolute atomic E-state index is 12.6. The van der Waals surface area contributed by atoms with E-state index in [1.807, 2.05) is 26.8 Å². The van der Waals surface area contributed by atoms with Gasteiger partial charge in [0.05, 0.1) is 0 Å². The van der Waals surface area contributed by atoms with Crippen molar-refractivity contribution in [3.8, 4) is 0 Å². The summed E-state index contributed by atoms with van der Waals surface area (Å²) in [7, 11) is 0. The molecule has 3 nitrogen and oxygen atoms in total. The molecule has 2 aromatic carbocycles. The van der Waals surface area contributed by atoms with Gasteiger partial charge in [0.15, 0.2) is 17.3 Å². The van der Waals surface area contributed by atoms with Gasteiger partial charge in [-0.25, -0.2) is 0 Å². The number of hydrogen-bond donors (Lipinski definition) is 0. The molecule has 0 spiro atoms. The van der Waals surface area contributed by atoms with E-state index < -0.39 is 0 Å². The first-order valence-corrected chi connectivity index (χ1v) is 9.12. The molecular formula is C22H25O3. The van der Waals surface area contributed by atoms with Gasteiger partial charge >= 0.3 is 0 Å². The predicted molar refractivity (Wildman–Crippen MR) is 100 cm³/mol. The topological polar surface area (TPSA) is 51.2 Å². The van der Waals surface area contributed by atoms with Gasteiger partial charge in [-0.1, -0.05) is 39.0 Å². The number of fused-ring (bicyclic) bond motifs is 1. The van der Waals surface area contributed by atoms with Crippen molar-refractivity contribution in [1.82, 2.24) is 0 Å². The number of rotatable bonds is 9. The summed E-state index contributed by atoms with van der Waals surface area (Å²) in [6.07, 6.45) is 3.51. The Labute approximate surface area is 149 Å². The first-order chi connectivity index (χ1) is 12.0. The molecule has 2 rings (SSSR count).